The third kappa shape index (κ3) is 2.07. The molecule has 1 amide bonds. The fraction of sp³-hybridized carbons (Fsp3) is 0.312. The summed E-state index contributed by atoms with van der Waals surface area (Å²) in [5.74, 6) is 1.68. The first-order valence-electron chi connectivity index (χ1n) is 6.93. The Labute approximate surface area is 118 Å². The number of furan rings is 1. The number of hydrogen-bond acceptors (Lipinski definition) is 3. The second-order valence-electron chi connectivity index (χ2n) is 5.04. The molecule has 1 N–H and O–H groups in total. The van der Waals surface area contributed by atoms with Gasteiger partial charge in [-0.25, -0.2) is 0 Å². The summed E-state index contributed by atoms with van der Waals surface area (Å²) in [4.78, 5) is 14.5. The van der Waals surface area contributed by atoms with E-state index in [0.717, 1.165) is 29.2 Å². The van der Waals surface area contributed by atoms with Gasteiger partial charge in [-0.15, -0.1) is 0 Å². The van der Waals surface area contributed by atoms with Gasteiger partial charge < -0.3 is 14.6 Å². The average molecular weight is 270 g/mol. The molecule has 1 aromatic heterocycles. The number of rotatable bonds is 3. The normalized spacial score (nSPS) is 17.8. The molecule has 2 heterocycles. The van der Waals surface area contributed by atoms with Crippen molar-refractivity contribution in [1.82, 2.24) is 4.90 Å². The van der Waals surface area contributed by atoms with E-state index in [9.17, 15) is 4.79 Å². The van der Waals surface area contributed by atoms with Gasteiger partial charge in [-0.05, 0) is 37.6 Å². The minimum absolute atomic E-state index is 0.0558. The predicted octanol–water partition coefficient (Wildman–Crippen LogP) is 3.56. The highest BCUT2D eigenvalue weighted by Crippen LogP contribution is 2.33. The van der Waals surface area contributed by atoms with Crippen molar-refractivity contribution in [2.24, 2.45) is 0 Å². The van der Waals surface area contributed by atoms with E-state index < -0.39 is 0 Å². The zero-order valence-electron chi connectivity index (χ0n) is 11.7. The van der Waals surface area contributed by atoms with Crippen molar-refractivity contribution < 1.29 is 9.21 Å². The van der Waals surface area contributed by atoms with E-state index in [1.54, 1.807) is 0 Å². The van der Waals surface area contributed by atoms with E-state index in [-0.39, 0.29) is 12.1 Å². The lowest BCUT2D eigenvalue weighted by Crippen LogP contribution is -2.43. The number of anilines is 1. The summed E-state index contributed by atoms with van der Waals surface area (Å²) in [5, 5.41) is 3.40. The molecule has 4 nitrogen and oxygen atoms in total. The molecule has 0 spiro atoms. The molecule has 1 aromatic carbocycles. The van der Waals surface area contributed by atoms with E-state index in [2.05, 4.69) is 12.2 Å². The number of fused-ring (bicyclic) bond motifs is 1. The Morgan fingerprint density at radius 3 is 2.75 bits per heavy atom. The van der Waals surface area contributed by atoms with Gasteiger partial charge in [0.25, 0.3) is 5.91 Å². The molecule has 0 unspecified atom stereocenters. The summed E-state index contributed by atoms with van der Waals surface area (Å²) < 4.78 is 5.71. The maximum absolute atomic E-state index is 12.6. The predicted molar refractivity (Wildman–Crippen MR) is 77.6 cm³/mol. The Morgan fingerprint density at radius 2 is 2.05 bits per heavy atom. The van der Waals surface area contributed by atoms with Gasteiger partial charge in [0.15, 0.2) is 6.17 Å². The molecule has 4 heteroatoms. The van der Waals surface area contributed by atoms with Gasteiger partial charge >= 0.3 is 0 Å². The molecule has 0 bridgehead atoms. The quantitative estimate of drug-likeness (QED) is 0.927. The highest BCUT2D eigenvalue weighted by atomic mass is 16.3. The molecule has 1 aliphatic rings. The summed E-state index contributed by atoms with van der Waals surface area (Å²) in [6.45, 7) is 4.68. The Balaban J connectivity index is 2.03. The minimum Gasteiger partial charge on any atom is -0.462 e. The first-order valence-corrected chi connectivity index (χ1v) is 6.93. The van der Waals surface area contributed by atoms with Gasteiger partial charge in [0.1, 0.15) is 11.5 Å². The first-order chi connectivity index (χ1) is 9.70. The van der Waals surface area contributed by atoms with Crippen LogP contribution in [0.25, 0.3) is 0 Å². The fourth-order valence-electron chi connectivity index (χ4n) is 2.59. The van der Waals surface area contributed by atoms with Crippen LogP contribution in [0.3, 0.4) is 0 Å². The van der Waals surface area contributed by atoms with Crippen molar-refractivity contribution >= 4 is 11.6 Å². The minimum atomic E-state index is -0.231. The standard InChI is InChI=1S/C16H18N2O2/c1-3-10-18-15(14-9-8-11(2)20-14)17-13-7-5-4-6-12(13)16(18)19/h4-9,15,17H,3,10H2,1-2H3/t15-/m0/s1. The first kappa shape index (κ1) is 12.8. The van der Waals surface area contributed by atoms with E-state index in [1.807, 2.05) is 48.2 Å². The molecular formula is C16H18N2O2. The molecule has 1 atom stereocenters. The van der Waals surface area contributed by atoms with Gasteiger partial charge in [-0.2, -0.15) is 0 Å². The fourth-order valence-corrected chi connectivity index (χ4v) is 2.59. The smallest absolute Gasteiger partial charge is 0.257 e. The maximum Gasteiger partial charge on any atom is 0.257 e. The van der Waals surface area contributed by atoms with Gasteiger partial charge in [0.2, 0.25) is 0 Å². The number of carbonyl (C=O) groups is 1. The van der Waals surface area contributed by atoms with Crippen LogP contribution in [0, 0.1) is 6.92 Å². The zero-order chi connectivity index (χ0) is 14.1. The molecule has 0 fully saturated rings. The average Bonchev–Trinajstić information content (AvgIpc) is 2.88. The van der Waals surface area contributed by atoms with Crippen LogP contribution in [0.4, 0.5) is 5.69 Å². The number of nitrogens with one attached hydrogen (secondary N) is 1. The highest BCUT2D eigenvalue weighted by Gasteiger charge is 2.33. The number of amides is 1. The summed E-state index contributed by atoms with van der Waals surface area (Å²) in [6.07, 6.45) is 0.678. The van der Waals surface area contributed by atoms with Gasteiger partial charge in [0.05, 0.1) is 5.56 Å². The Kier molecular flexibility index (Phi) is 3.22. The number of aryl methyl sites for hydroxylation is 1. The lowest BCUT2D eigenvalue weighted by atomic mass is 10.1. The second kappa shape index (κ2) is 5.04. The second-order valence-corrected chi connectivity index (χ2v) is 5.04. The highest BCUT2D eigenvalue weighted by molar-refractivity contribution is 6.01. The van der Waals surface area contributed by atoms with Crippen molar-refractivity contribution in [2.75, 3.05) is 11.9 Å². The molecule has 1 aliphatic heterocycles. The summed E-state index contributed by atoms with van der Waals surface area (Å²) in [7, 11) is 0. The molecule has 0 aliphatic carbocycles. The monoisotopic (exact) mass is 270 g/mol. The molecule has 0 saturated carbocycles. The van der Waals surface area contributed by atoms with Crippen LogP contribution in [0.15, 0.2) is 40.8 Å². The Bertz CT molecular complexity index is 633. The van der Waals surface area contributed by atoms with Crippen LogP contribution in [0.2, 0.25) is 0 Å². The van der Waals surface area contributed by atoms with Crippen molar-refractivity contribution in [3.05, 3.63) is 53.5 Å². The summed E-state index contributed by atoms with van der Waals surface area (Å²) in [5.41, 5.74) is 1.59. The SMILES string of the molecule is CCCN1C(=O)c2ccccc2N[C@@H]1c1ccc(C)o1. The molecular weight excluding hydrogens is 252 g/mol. The third-order valence-electron chi connectivity index (χ3n) is 3.52. The van der Waals surface area contributed by atoms with Crippen molar-refractivity contribution in [2.45, 2.75) is 26.4 Å². The van der Waals surface area contributed by atoms with Gasteiger partial charge in [-0.3, -0.25) is 4.79 Å². The third-order valence-corrected chi connectivity index (χ3v) is 3.52. The maximum atomic E-state index is 12.6. The van der Waals surface area contributed by atoms with E-state index >= 15 is 0 Å². The lowest BCUT2D eigenvalue weighted by molar-refractivity contribution is 0.0662. The molecule has 0 saturated heterocycles. The van der Waals surface area contributed by atoms with Crippen LogP contribution >= 0.6 is 0 Å². The van der Waals surface area contributed by atoms with Crippen LogP contribution in [0.1, 0.15) is 41.4 Å². The topological polar surface area (TPSA) is 45.5 Å². The van der Waals surface area contributed by atoms with E-state index in [1.165, 1.54) is 0 Å². The molecule has 3 rings (SSSR count). The molecule has 2 aromatic rings. The molecule has 20 heavy (non-hydrogen) atoms. The van der Waals surface area contributed by atoms with Crippen molar-refractivity contribution in [3.8, 4) is 0 Å². The van der Waals surface area contributed by atoms with Crippen molar-refractivity contribution in [3.63, 3.8) is 0 Å². The molecule has 0 radical (unpaired) electrons. The van der Waals surface area contributed by atoms with Crippen LogP contribution in [-0.2, 0) is 0 Å². The number of hydrogen-bond donors (Lipinski definition) is 1. The van der Waals surface area contributed by atoms with Gasteiger partial charge in [0, 0.05) is 12.2 Å². The van der Waals surface area contributed by atoms with Crippen LogP contribution in [-0.4, -0.2) is 17.4 Å². The zero-order valence-corrected chi connectivity index (χ0v) is 11.7. The lowest BCUT2D eigenvalue weighted by Gasteiger charge is -2.36. The summed E-state index contributed by atoms with van der Waals surface area (Å²) >= 11 is 0. The molecule has 104 valence electrons. The number of para-hydroxylation sites is 1. The van der Waals surface area contributed by atoms with Gasteiger partial charge in [-0.1, -0.05) is 19.1 Å². The summed E-state index contributed by atoms with van der Waals surface area (Å²) in [6, 6.07) is 11.5. The number of carbonyl (C=O) groups excluding carboxylic acids is 1. The van der Waals surface area contributed by atoms with Crippen LogP contribution < -0.4 is 5.32 Å². The largest absolute Gasteiger partial charge is 0.462 e. The van der Waals surface area contributed by atoms with Crippen molar-refractivity contribution in [1.29, 1.82) is 0 Å². The Hall–Kier alpha value is -2.23. The van der Waals surface area contributed by atoms with Crippen LogP contribution in [0.5, 0.6) is 0 Å². The Morgan fingerprint density at radius 1 is 1.25 bits per heavy atom. The van der Waals surface area contributed by atoms with E-state index in [4.69, 9.17) is 4.42 Å². The van der Waals surface area contributed by atoms with E-state index in [0.29, 0.717) is 6.54 Å². The number of benzene rings is 1. The number of nitrogens with zero attached hydrogens (tertiary/aromatic N) is 1.